The molecule has 1 atom stereocenters. The number of carbonyl (C=O) groups excluding carboxylic acids is 1. The minimum Gasteiger partial charge on any atom is -0.465 e. The smallest absolute Gasteiger partial charge is 0.339 e. The average molecular weight is 285 g/mol. The van der Waals surface area contributed by atoms with Crippen LogP contribution in [0.25, 0.3) is 0 Å². The molecule has 0 fully saturated rings. The summed E-state index contributed by atoms with van der Waals surface area (Å²) >= 11 is 0. The zero-order valence-corrected chi connectivity index (χ0v) is 12.2. The van der Waals surface area contributed by atoms with Gasteiger partial charge in [0, 0.05) is 6.04 Å². The Morgan fingerprint density at radius 2 is 2.00 bits per heavy atom. The Kier molecular flexibility index (Phi) is 5.50. The Morgan fingerprint density at radius 3 is 2.58 bits per heavy atom. The summed E-state index contributed by atoms with van der Waals surface area (Å²) in [5.74, 6) is -0.663. The zero-order chi connectivity index (χ0) is 14.5. The molecule has 0 spiro atoms. The van der Waals surface area contributed by atoms with Crippen LogP contribution in [-0.4, -0.2) is 27.5 Å². The van der Waals surface area contributed by atoms with Gasteiger partial charge in [0.1, 0.15) is 0 Å². The van der Waals surface area contributed by atoms with Crippen LogP contribution in [0.3, 0.4) is 0 Å². The third kappa shape index (κ3) is 4.04. The molecule has 0 unspecified atom stereocenters. The lowest BCUT2D eigenvalue weighted by atomic mass is 10.2. The van der Waals surface area contributed by atoms with Crippen LogP contribution in [0.15, 0.2) is 29.2 Å². The number of methoxy groups -OCH3 is 1. The maximum absolute atomic E-state index is 12.2. The first-order valence-electron chi connectivity index (χ1n) is 6.12. The Balaban J connectivity index is 3.11. The molecule has 1 aromatic carbocycles. The summed E-state index contributed by atoms with van der Waals surface area (Å²) in [7, 11) is -2.50. The van der Waals surface area contributed by atoms with E-state index in [0.29, 0.717) is 0 Å². The lowest BCUT2D eigenvalue weighted by Crippen LogP contribution is -2.33. The van der Waals surface area contributed by atoms with Crippen LogP contribution in [0.1, 0.15) is 37.0 Å². The number of nitrogens with one attached hydrogen (secondary N) is 1. The first-order chi connectivity index (χ1) is 8.92. The molecule has 0 aromatic heterocycles. The fourth-order valence-electron chi connectivity index (χ4n) is 1.80. The minimum absolute atomic E-state index is 0.0428. The number of rotatable bonds is 6. The van der Waals surface area contributed by atoms with E-state index in [9.17, 15) is 13.2 Å². The molecular formula is C13H19NO4S. The van der Waals surface area contributed by atoms with E-state index < -0.39 is 16.0 Å². The molecule has 0 saturated heterocycles. The monoisotopic (exact) mass is 285 g/mol. The van der Waals surface area contributed by atoms with E-state index in [1.807, 2.05) is 6.92 Å². The van der Waals surface area contributed by atoms with Gasteiger partial charge in [0.05, 0.1) is 17.6 Å². The Morgan fingerprint density at radius 1 is 1.37 bits per heavy atom. The second-order valence-electron chi connectivity index (χ2n) is 4.30. The standard InChI is InChI=1S/C13H19NO4S/c1-4-7-10(2)14-19(16,17)12-9-6-5-8-11(12)13(15)18-3/h5-6,8-10,14H,4,7H2,1-3H3/t10-/m0/s1. The fraction of sp³-hybridized carbons (Fsp3) is 0.462. The average Bonchev–Trinajstić information content (AvgIpc) is 2.37. The number of hydrogen-bond acceptors (Lipinski definition) is 4. The number of carbonyl (C=O) groups is 1. The molecule has 0 aliphatic rings. The van der Waals surface area contributed by atoms with E-state index in [-0.39, 0.29) is 16.5 Å². The van der Waals surface area contributed by atoms with Crippen LogP contribution in [0.5, 0.6) is 0 Å². The first-order valence-corrected chi connectivity index (χ1v) is 7.60. The first kappa shape index (κ1) is 15.7. The Bertz CT molecular complexity index is 539. The molecule has 1 N–H and O–H groups in total. The van der Waals surface area contributed by atoms with Gasteiger partial charge in [-0.2, -0.15) is 0 Å². The maximum Gasteiger partial charge on any atom is 0.339 e. The normalized spacial score (nSPS) is 13.0. The van der Waals surface area contributed by atoms with E-state index in [2.05, 4.69) is 9.46 Å². The van der Waals surface area contributed by atoms with Crippen molar-refractivity contribution >= 4 is 16.0 Å². The highest BCUT2D eigenvalue weighted by atomic mass is 32.2. The molecule has 1 rings (SSSR count). The molecule has 0 aliphatic carbocycles. The van der Waals surface area contributed by atoms with Crippen LogP contribution >= 0.6 is 0 Å². The van der Waals surface area contributed by atoms with Crippen molar-refractivity contribution in [3.63, 3.8) is 0 Å². The van der Waals surface area contributed by atoms with Gasteiger partial charge in [-0.1, -0.05) is 25.5 Å². The van der Waals surface area contributed by atoms with Gasteiger partial charge in [-0.3, -0.25) is 0 Å². The molecule has 0 heterocycles. The minimum atomic E-state index is -3.72. The number of ether oxygens (including phenoxy) is 1. The summed E-state index contributed by atoms with van der Waals surface area (Å²) in [6, 6.07) is 5.82. The topological polar surface area (TPSA) is 72.5 Å². The molecule has 0 aliphatic heterocycles. The molecule has 0 saturated carbocycles. The summed E-state index contributed by atoms with van der Waals surface area (Å²) in [5, 5.41) is 0. The van der Waals surface area contributed by atoms with E-state index >= 15 is 0 Å². The lowest BCUT2D eigenvalue weighted by Gasteiger charge is -2.14. The van der Waals surface area contributed by atoms with Crippen LogP contribution < -0.4 is 4.72 Å². The van der Waals surface area contributed by atoms with Crippen molar-refractivity contribution in [3.05, 3.63) is 29.8 Å². The molecule has 6 heteroatoms. The Hall–Kier alpha value is -1.40. The number of hydrogen-bond donors (Lipinski definition) is 1. The third-order valence-electron chi connectivity index (χ3n) is 2.66. The SMILES string of the molecule is CCC[C@H](C)NS(=O)(=O)c1ccccc1C(=O)OC. The maximum atomic E-state index is 12.2. The molecule has 0 amide bonds. The molecule has 0 radical (unpaired) electrons. The van der Waals surface area contributed by atoms with Crippen molar-refractivity contribution in [3.8, 4) is 0 Å². The molecule has 1 aromatic rings. The van der Waals surface area contributed by atoms with Gasteiger partial charge in [-0.05, 0) is 25.5 Å². The van der Waals surface area contributed by atoms with Gasteiger partial charge >= 0.3 is 5.97 Å². The number of sulfonamides is 1. The third-order valence-corrected chi connectivity index (χ3v) is 4.31. The van der Waals surface area contributed by atoms with Gasteiger partial charge < -0.3 is 4.74 Å². The van der Waals surface area contributed by atoms with Crippen molar-refractivity contribution in [2.75, 3.05) is 7.11 Å². The molecule has 106 valence electrons. The highest BCUT2D eigenvalue weighted by molar-refractivity contribution is 7.89. The second kappa shape index (κ2) is 6.68. The van der Waals surface area contributed by atoms with Gasteiger partial charge in [0.2, 0.25) is 10.0 Å². The van der Waals surface area contributed by atoms with Crippen LogP contribution in [0.4, 0.5) is 0 Å². The highest BCUT2D eigenvalue weighted by Gasteiger charge is 2.23. The quantitative estimate of drug-likeness (QED) is 0.811. The van der Waals surface area contributed by atoms with E-state index in [1.54, 1.807) is 19.1 Å². The summed E-state index contributed by atoms with van der Waals surface area (Å²) in [6.45, 7) is 3.77. The van der Waals surface area contributed by atoms with Crippen molar-refractivity contribution in [2.45, 2.75) is 37.6 Å². The summed E-state index contributed by atoms with van der Waals surface area (Å²) in [4.78, 5) is 11.5. The van der Waals surface area contributed by atoms with E-state index in [4.69, 9.17) is 0 Å². The number of benzene rings is 1. The van der Waals surface area contributed by atoms with Crippen molar-refractivity contribution in [1.82, 2.24) is 4.72 Å². The predicted octanol–water partition coefficient (Wildman–Crippen LogP) is 1.94. The van der Waals surface area contributed by atoms with Crippen LogP contribution in [-0.2, 0) is 14.8 Å². The highest BCUT2D eigenvalue weighted by Crippen LogP contribution is 2.17. The molecule has 19 heavy (non-hydrogen) atoms. The van der Waals surface area contributed by atoms with Crippen molar-refractivity contribution < 1.29 is 17.9 Å². The summed E-state index contributed by atoms with van der Waals surface area (Å²) in [5.41, 5.74) is 0.0428. The summed E-state index contributed by atoms with van der Waals surface area (Å²) in [6.07, 6.45) is 1.61. The summed E-state index contributed by atoms with van der Waals surface area (Å²) < 4.78 is 31.6. The molecule has 5 nitrogen and oxygen atoms in total. The zero-order valence-electron chi connectivity index (χ0n) is 11.3. The van der Waals surface area contributed by atoms with Crippen LogP contribution in [0.2, 0.25) is 0 Å². The second-order valence-corrected chi connectivity index (χ2v) is 5.98. The lowest BCUT2D eigenvalue weighted by molar-refractivity contribution is 0.0596. The van der Waals surface area contributed by atoms with Gasteiger partial charge in [-0.15, -0.1) is 0 Å². The fourth-order valence-corrected chi connectivity index (χ4v) is 3.27. The van der Waals surface area contributed by atoms with Crippen molar-refractivity contribution in [2.24, 2.45) is 0 Å². The van der Waals surface area contributed by atoms with Crippen LogP contribution in [0, 0.1) is 0 Å². The Labute approximate surface area is 114 Å². The van der Waals surface area contributed by atoms with E-state index in [1.165, 1.54) is 19.2 Å². The number of esters is 1. The predicted molar refractivity (Wildman–Crippen MR) is 72.5 cm³/mol. The van der Waals surface area contributed by atoms with Gasteiger partial charge in [0.15, 0.2) is 0 Å². The van der Waals surface area contributed by atoms with Gasteiger partial charge in [0.25, 0.3) is 0 Å². The van der Waals surface area contributed by atoms with Gasteiger partial charge in [-0.25, -0.2) is 17.9 Å². The molecular weight excluding hydrogens is 266 g/mol. The molecule has 0 bridgehead atoms. The van der Waals surface area contributed by atoms with Crippen molar-refractivity contribution in [1.29, 1.82) is 0 Å². The van der Waals surface area contributed by atoms with E-state index in [0.717, 1.165) is 12.8 Å². The largest absolute Gasteiger partial charge is 0.465 e.